The Morgan fingerprint density at radius 2 is 2.29 bits per heavy atom. The van der Waals surface area contributed by atoms with E-state index in [9.17, 15) is 10.1 Å². The van der Waals surface area contributed by atoms with Crippen molar-refractivity contribution in [3.8, 4) is 0 Å². The summed E-state index contributed by atoms with van der Waals surface area (Å²) in [5, 5.41) is 14.8. The number of anilines is 1. The molecule has 1 aliphatic heterocycles. The van der Waals surface area contributed by atoms with Crippen LogP contribution in [-0.4, -0.2) is 40.2 Å². The summed E-state index contributed by atoms with van der Waals surface area (Å²) in [4.78, 5) is 17.2. The van der Waals surface area contributed by atoms with Gasteiger partial charge < -0.3 is 20.3 Å². The topological polar surface area (TPSA) is 76.2 Å². The van der Waals surface area contributed by atoms with E-state index in [4.69, 9.17) is 0 Å². The number of nitrogens with one attached hydrogen (secondary N) is 1. The van der Waals surface area contributed by atoms with Crippen molar-refractivity contribution in [1.29, 1.82) is 0 Å². The summed E-state index contributed by atoms with van der Waals surface area (Å²) < 4.78 is 1.83. The summed E-state index contributed by atoms with van der Waals surface area (Å²) in [7, 11) is 1.85. The number of nitrogens with zero attached hydrogens (tertiary/aromatic N) is 4. The first-order valence-electron chi connectivity index (χ1n) is 7.56. The van der Waals surface area contributed by atoms with Gasteiger partial charge in [-0.3, -0.25) is 4.57 Å². The van der Waals surface area contributed by atoms with Gasteiger partial charge in [-0.15, -0.1) is 0 Å². The van der Waals surface area contributed by atoms with Crippen molar-refractivity contribution in [2.45, 2.75) is 39.7 Å². The van der Waals surface area contributed by atoms with Crippen molar-refractivity contribution >= 4 is 11.6 Å². The van der Waals surface area contributed by atoms with Crippen LogP contribution in [0, 0.1) is 23.0 Å². The van der Waals surface area contributed by atoms with Gasteiger partial charge in [0.2, 0.25) is 11.6 Å². The van der Waals surface area contributed by atoms with Crippen molar-refractivity contribution in [3.63, 3.8) is 0 Å². The minimum Gasteiger partial charge on any atom is -0.358 e. The third kappa shape index (κ3) is 3.53. The molecule has 21 heavy (non-hydrogen) atoms. The van der Waals surface area contributed by atoms with E-state index in [1.807, 2.05) is 11.6 Å². The Morgan fingerprint density at radius 3 is 2.81 bits per heavy atom. The molecule has 1 aromatic heterocycles. The molecule has 0 spiro atoms. The van der Waals surface area contributed by atoms with Crippen LogP contribution in [-0.2, 0) is 7.05 Å². The first-order chi connectivity index (χ1) is 9.90. The Hall–Kier alpha value is -1.63. The van der Waals surface area contributed by atoms with Crippen LogP contribution in [0.15, 0.2) is 0 Å². The van der Waals surface area contributed by atoms with Crippen LogP contribution in [0.2, 0.25) is 0 Å². The minimum atomic E-state index is -0.377. The van der Waals surface area contributed by atoms with Gasteiger partial charge in [0.25, 0.3) is 0 Å². The molecule has 0 aliphatic carbocycles. The molecule has 1 unspecified atom stereocenters. The maximum absolute atomic E-state index is 11.3. The van der Waals surface area contributed by atoms with Gasteiger partial charge in [-0.05, 0) is 35.2 Å². The Kier molecular flexibility index (Phi) is 4.82. The highest BCUT2D eigenvalue weighted by Gasteiger charge is 2.30. The van der Waals surface area contributed by atoms with Gasteiger partial charge in [-0.1, -0.05) is 13.8 Å². The molecule has 7 heteroatoms. The van der Waals surface area contributed by atoms with Crippen LogP contribution in [0.3, 0.4) is 0 Å². The van der Waals surface area contributed by atoms with Gasteiger partial charge in [0, 0.05) is 33.1 Å². The van der Waals surface area contributed by atoms with Crippen LogP contribution < -0.4 is 10.2 Å². The van der Waals surface area contributed by atoms with Crippen molar-refractivity contribution in [2.75, 3.05) is 24.5 Å². The molecule has 1 aliphatic rings. The average Bonchev–Trinajstić information content (AvgIpc) is 2.98. The Morgan fingerprint density at radius 1 is 1.57 bits per heavy atom. The number of rotatable bonds is 6. The molecule has 1 aromatic rings. The molecule has 1 atom stereocenters. The highest BCUT2D eigenvalue weighted by Crippen LogP contribution is 2.29. The second-order valence-corrected chi connectivity index (χ2v) is 6.21. The Labute approximate surface area is 125 Å². The summed E-state index contributed by atoms with van der Waals surface area (Å²) in [6.07, 6.45) is 2.30. The molecule has 0 radical (unpaired) electrons. The van der Waals surface area contributed by atoms with Gasteiger partial charge >= 0.3 is 5.82 Å². The van der Waals surface area contributed by atoms with Crippen molar-refractivity contribution in [2.24, 2.45) is 13.0 Å². The molecular weight excluding hydrogens is 270 g/mol. The molecule has 0 amide bonds. The zero-order chi connectivity index (χ0) is 15.6. The van der Waals surface area contributed by atoms with Crippen LogP contribution in [0.5, 0.6) is 0 Å². The lowest BCUT2D eigenvalue weighted by atomic mass is 10.1. The monoisotopic (exact) mass is 295 g/mol. The molecule has 1 N–H and O–H groups in total. The van der Waals surface area contributed by atoms with Crippen molar-refractivity contribution in [3.05, 3.63) is 15.9 Å². The Bertz CT molecular complexity index is 506. The van der Waals surface area contributed by atoms with E-state index in [1.54, 1.807) is 6.92 Å². The molecule has 0 bridgehead atoms. The molecule has 1 saturated heterocycles. The van der Waals surface area contributed by atoms with E-state index in [2.05, 4.69) is 29.0 Å². The summed E-state index contributed by atoms with van der Waals surface area (Å²) in [5.41, 5.74) is 0. The number of hydrogen-bond acceptors (Lipinski definition) is 5. The molecule has 2 rings (SSSR count). The van der Waals surface area contributed by atoms with E-state index < -0.39 is 0 Å². The largest absolute Gasteiger partial charge is 0.406 e. The van der Waals surface area contributed by atoms with E-state index in [0.717, 1.165) is 26.1 Å². The van der Waals surface area contributed by atoms with Gasteiger partial charge in [0.15, 0.2) is 0 Å². The number of hydrogen-bond donors (Lipinski definition) is 1. The summed E-state index contributed by atoms with van der Waals surface area (Å²) in [5.74, 6) is 1.69. The molecule has 118 valence electrons. The van der Waals surface area contributed by atoms with Crippen molar-refractivity contribution in [1.82, 2.24) is 14.9 Å². The van der Waals surface area contributed by atoms with Crippen LogP contribution in [0.4, 0.5) is 11.6 Å². The standard InChI is InChI=1S/C14H25N5O2/c1-10(2)8-18(9-12-6-5-7-15-12)14-13(19(20)21)16-11(3)17(14)4/h10,12,15H,5-9H2,1-4H3. The van der Waals surface area contributed by atoms with Gasteiger partial charge in [-0.25, -0.2) is 0 Å². The fraction of sp³-hybridized carbons (Fsp3) is 0.786. The van der Waals surface area contributed by atoms with E-state index in [1.165, 1.54) is 6.42 Å². The first kappa shape index (κ1) is 15.8. The minimum absolute atomic E-state index is 0.0337. The molecular formula is C14H25N5O2. The number of nitro groups is 1. The smallest absolute Gasteiger partial charge is 0.358 e. The maximum atomic E-state index is 11.3. The second-order valence-electron chi connectivity index (χ2n) is 6.21. The number of aromatic nitrogens is 2. The third-order valence-electron chi connectivity index (χ3n) is 3.93. The summed E-state index contributed by atoms with van der Waals surface area (Å²) >= 11 is 0. The van der Waals surface area contributed by atoms with Gasteiger partial charge in [-0.2, -0.15) is 0 Å². The van der Waals surface area contributed by atoms with E-state index >= 15 is 0 Å². The fourth-order valence-corrected chi connectivity index (χ4v) is 2.92. The average molecular weight is 295 g/mol. The summed E-state index contributed by atoms with van der Waals surface area (Å²) in [6.45, 7) is 8.68. The highest BCUT2D eigenvalue weighted by molar-refractivity contribution is 5.56. The van der Waals surface area contributed by atoms with Gasteiger partial charge in [0.05, 0.1) is 0 Å². The predicted molar refractivity (Wildman–Crippen MR) is 82.7 cm³/mol. The molecule has 0 saturated carbocycles. The SMILES string of the molecule is Cc1nc([N+](=O)[O-])c(N(CC(C)C)CC2CCCN2)n1C. The molecule has 2 heterocycles. The Balaban J connectivity index is 2.32. The molecule has 7 nitrogen and oxygen atoms in total. The van der Waals surface area contributed by atoms with Crippen LogP contribution >= 0.6 is 0 Å². The normalized spacial score (nSPS) is 18.4. The summed E-state index contributed by atoms with van der Waals surface area (Å²) in [6, 6.07) is 0.401. The predicted octanol–water partition coefficient (Wildman–Crippen LogP) is 1.85. The lowest BCUT2D eigenvalue weighted by molar-refractivity contribution is -0.388. The molecule has 0 aromatic carbocycles. The first-order valence-corrected chi connectivity index (χ1v) is 7.56. The zero-order valence-corrected chi connectivity index (χ0v) is 13.3. The lowest BCUT2D eigenvalue weighted by Gasteiger charge is -2.28. The van der Waals surface area contributed by atoms with E-state index in [0.29, 0.717) is 23.6 Å². The van der Waals surface area contributed by atoms with Gasteiger partial charge in [0.1, 0.15) is 0 Å². The lowest BCUT2D eigenvalue weighted by Crippen LogP contribution is -2.40. The molecule has 1 fully saturated rings. The van der Waals surface area contributed by atoms with Crippen LogP contribution in [0.1, 0.15) is 32.5 Å². The fourth-order valence-electron chi connectivity index (χ4n) is 2.92. The highest BCUT2D eigenvalue weighted by atomic mass is 16.6. The van der Waals surface area contributed by atoms with Crippen molar-refractivity contribution < 1.29 is 4.92 Å². The zero-order valence-electron chi connectivity index (χ0n) is 13.3. The van der Waals surface area contributed by atoms with Crippen LogP contribution in [0.25, 0.3) is 0 Å². The van der Waals surface area contributed by atoms with E-state index in [-0.39, 0.29) is 10.7 Å². The maximum Gasteiger partial charge on any atom is 0.406 e. The third-order valence-corrected chi connectivity index (χ3v) is 3.93. The second kappa shape index (κ2) is 6.43. The number of aryl methyl sites for hydroxylation is 1. The quantitative estimate of drug-likeness (QED) is 0.640. The number of imidazole rings is 1.